The van der Waals surface area contributed by atoms with Crippen LogP contribution in [-0.2, 0) is 4.79 Å². The summed E-state index contributed by atoms with van der Waals surface area (Å²) in [5.41, 5.74) is 1.18. The minimum absolute atomic E-state index is 0.266. The zero-order chi connectivity index (χ0) is 22.9. The fourth-order valence-corrected chi connectivity index (χ4v) is 9.54. The second-order valence-corrected chi connectivity index (χ2v) is 13.2. The van der Waals surface area contributed by atoms with Crippen LogP contribution in [0.25, 0.3) is 0 Å². The summed E-state index contributed by atoms with van der Waals surface area (Å²) in [6.45, 7) is 9.68. The molecule has 0 heterocycles. The Kier molecular flexibility index (Phi) is 7.64. The van der Waals surface area contributed by atoms with Gasteiger partial charge in [-0.15, -0.1) is 0 Å². The van der Waals surface area contributed by atoms with Crippen molar-refractivity contribution in [2.24, 2.45) is 46.3 Å². The van der Waals surface area contributed by atoms with Gasteiger partial charge in [-0.25, -0.2) is 0 Å². The van der Waals surface area contributed by atoms with E-state index in [0.29, 0.717) is 23.2 Å². The third-order valence-electron chi connectivity index (χ3n) is 11.3. The van der Waals surface area contributed by atoms with Crippen LogP contribution < -0.4 is 5.32 Å². The van der Waals surface area contributed by atoms with E-state index in [2.05, 4.69) is 45.1 Å². The number of carbonyl (C=O) groups is 1. The summed E-state index contributed by atoms with van der Waals surface area (Å²) in [5.74, 6) is 5.74. The molecule has 0 aliphatic heterocycles. The lowest BCUT2D eigenvalue weighted by atomic mass is 9.44. The lowest BCUT2D eigenvalue weighted by Crippen LogP contribution is -2.53. The molecule has 0 aromatic rings. The highest BCUT2D eigenvalue weighted by molar-refractivity contribution is 5.75. The number of nitrogens with zero attached hydrogens (tertiary/aromatic N) is 1. The Balaban J connectivity index is 1.32. The van der Waals surface area contributed by atoms with Crippen LogP contribution in [0, 0.1) is 46.3 Å². The van der Waals surface area contributed by atoms with Crippen molar-refractivity contribution in [3.8, 4) is 0 Å². The fourth-order valence-electron chi connectivity index (χ4n) is 9.54. The van der Waals surface area contributed by atoms with Crippen LogP contribution >= 0.6 is 0 Å². The fraction of sp³-hybridized carbons (Fsp3) is 0.966. The monoisotopic (exact) mass is 444 g/mol. The lowest BCUT2D eigenvalue weighted by Gasteiger charge is -2.61. The highest BCUT2D eigenvalue weighted by atomic mass is 16.1. The molecule has 0 radical (unpaired) electrons. The molecule has 1 unspecified atom stereocenters. The van der Waals surface area contributed by atoms with Crippen LogP contribution in [0.2, 0.25) is 0 Å². The summed E-state index contributed by atoms with van der Waals surface area (Å²) in [4.78, 5) is 14.6. The van der Waals surface area contributed by atoms with Gasteiger partial charge in [-0.3, -0.25) is 4.79 Å². The normalized spacial score (nSPS) is 42.1. The molecular formula is C29H52N2O. The van der Waals surface area contributed by atoms with E-state index in [4.69, 9.17) is 0 Å². The molecule has 3 nitrogen and oxygen atoms in total. The Labute approximate surface area is 198 Å². The number of nitrogens with one attached hydrogen (secondary N) is 1. The third kappa shape index (κ3) is 4.66. The molecule has 0 saturated heterocycles. The van der Waals surface area contributed by atoms with E-state index in [1.165, 1.54) is 64.2 Å². The summed E-state index contributed by atoms with van der Waals surface area (Å²) >= 11 is 0. The first-order valence-corrected chi connectivity index (χ1v) is 14.2. The van der Waals surface area contributed by atoms with Gasteiger partial charge in [0.15, 0.2) is 0 Å². The maximum absolute atomic E-state index is 12.4. The summed E-state index contributed by atoms with van der Waals surface area (Å²) in [6.07, 6.45) is 17.7. The molecule has 0 aromatic heterocycles. The SMILES string of the molecule is C[C@H](CCC(=O)NCCCN(C)C)[C@H]1CC[C@H]2[C@@H]3CCC4CCCC[C@]4(C)[C@H]3CC[C@]12C. The zero-order valence-electron chi connectivity index (χ0n) is 21.9. The lowest BCUT2D eigenvalue weighted by molar-refractivity contribution is -0.122. The van der Waals surface area contributed by atoms with Gasteiger partial charge in [0.25, 0.3) is 0 Å². The Hall–Kier alpha value is -0.570. The van der Waals surface area contributed by atoms with Gasteiger partial charge in [0, 0.05) is 13.0 Å². The van der Waals surface area contributed by atoms with Crippen molar-refractivity contribution in [1.29, 1.82) is 0 Å². The molecular weight excluding hydrogens is 392 g/mol. The van der Waals surface area contributed by atoms with Gasteiger partial charge in [0.2, 0.25) is 5.91 Å². The molecule has 32 heavy (non-hydrogen) atoms. The quantitative estimate of drug-likeness (QED) is 0.432. The van der Waals surface area contributed by atoms with Crippen molar-refractivity contribution in [3.63, 3.8) is 0 Å². The molecule has 0 aromatic carbocycles. The number of amides is 1. The molecule has 8 atom stereocenters. The number of carbonyl (C=O) groups excluding carboxylic acids is 1. The van der Waals surface area contributed by atoms with Crippen molar-refractivity contribution in [1.82, 2.24) is 10.2 Å². The summed E-state index contributed by atoms with van der Waals surface area (Å²) < 4.78 is 0. The maximum atomic E-state index is 12.4. The van der Waals surface area contributed by atoms with E-state index in [-0.39, 0.29) is 5.91 Å². The Bertz CT molecular complexity index is 647. The predicted octanol–water partition coefficient (Wildman–Crippen LogP) is 6.52. The number of rotatable bonds is 8. The minimum atomic E-state index is 0.266. The predicted molar refractivity (Wildman–Crippen MR) is 134 cm³/mol. The van der Waals surface area contributed by atoms with Gasteiger partial charge in [0.05, 0.1) is 0 Å². The molecule has 4 aliphatic rings. The average Bonchev–Trinajstić information content (AvgIpc) is 3.12. The van der Waals surface area contributed by atoms with Crippen molar-refractivity contribution < 1.29 is 4.79 Å². The van der Waals surface area contributed by atoms with Crippen LogP contribution in [0.15, 0.2) is 0 Å². The van der Waals surface area contributed by atoms with Crippen LogP contribution in [0.1, 0.15) is 104 Å². The first-order valence-electron chi connectivity index (χ1n) is 14.2. The van der Waals surface area contributed by atoms with Crippen molar-refractivity contribution in [3.05, 3.63) is 0 Å². The van der Waals surface area contributed by atoms with E-state index in [1.807, 2.05) is 0 Å². The second kappa shape index (κ2) is 9.96. The van der Waals surface area contributed by atoms with Gasteiger partial charge in [-0.05, 0) is 131 Å². The molecule has 1 amide bonds. The third-order valence-corrected chi connectivity index (χ3v) is 11.3. The van der Waals surface area contributed by atoms with Crippen molar-refractivity contribution >= 4 is 5.91 Å². The van der Waals surface area contributed by atoms with E-state index >= 15 is 0 Å². The molecule has 4 rings (SSSR count). The maximum Gasteiger partial charge on any atom is 0.220 e. The number of hydrogen-bond acceptors (Lipinski definition) is 2. The van der Waals surface area contributed by atoms with Gasteiger partial charge in [0.1, 0.15) is 0 Å². The molecule has 0 spiro atoms. The smallest absolute Gasteiger partial charge is 0.220 e. The number of hydrogen-bond donors (Lipinski definition) is 1. The van der Waals surface area contributed by atoms with E-state index < -0.39 is 0 Å². The average molecular weight is 445 g/mol. The van der Waals surface area contributed by atoms with E-state index in [9.17, 15) is 4.79 Å². The zero-order valence-corrected chi connectivity index (χ0v) is 21.9. The van der Waals surface area contributed by atoms with E-state index in [0.717, 1.165) is 55.5 Å². The highest BCUT2D eigenvalue weighted by Crippen LogP contribution is 2.68. The summed E-state index contributed by atoms with van der Waals surface area (Å²) in [5, 5.41) is 3.15. The van der Waals surface area contributed by atoms with Crippen LogP contribution in [0.5, 0.6) is 0 Å². The molecule has 3 heteroatoms. The molecule has 4 saturated carbocycles. The molecule has 1 N–H and O–H groups in total. The first kappa shape index (κ1) is 24.6. The molecule has 0 bridgehead atoms. The second-order valence-electron chi connectivity index (χ2n) is 13.2. The van der Waals surface area contributed by atoms with Gasteiger partial charge >= 0.3 is 0 Å². The minimum Gasteiger partial charge on any atom is -0.356 e. The van der Waals surface area contributed by atoms with E-state index in [1.54, 1.807) is 0 Å². The summed E-state index contributed by atoms with van der Waals surface area (Å²) in [7, 11) is 4.18. The van der Waals surface area contributed by atoms with Crippen LogP contribution in [0.3, 0.4) is 0 Å². The Morgan fingerprint density at radius 1 is 0.969 bits per heavy atom. The Morgan fingerprint density at radius 2 is 1.75 bits per heavy atom. The molecule has 184 valence electrons. The van der Waals surface area contributed by atoms with Crippen molar-refractivity contribution in [2.75, 3.05) is 27.2 Å². The van der Waals surface area contributed by atoms with Crippen LogP contribution in [-0.4, -0.2) is 38.0 Å². The topological polar surface area (TPSA) is 32.3 Å². The number of fused-ring (bicyclic) bond motifs is 5. The highest BCUT2D eigenvalue weighted by Gasteiger charge is 2.60. The summed E-state index contributed by atoms with van der Waals surface area (Å²) in [6, 6.07) is 0. The van der Waals surface area contributed by atoms with Gasteiger partial charge in [-0.2, -0.15) is 0 Å². The van der Waals surface area contributed by atoms with Gasteiger partial charge in [-0.1, -0.05) is 33.6 Å². The standard InChI is InChI=1S/C29H52N2O/c1-21(10-15-27(32)30-19-8-20-31(4)5)24-13-14-25-23-12-11-22-9-6-7-17-28(22,2)26(23)16-18-29(24,25)3/h21-26H,6-20H2,1-5H3,(H,30,32)/t21-,22?,23+,24-,25+,26+,28+,29-/m1/s1. The first-order chi connectivity index (χ1) is 15.3. The Morgan fingerprint density at radius 3 is 2.53 bits per heavy atom. The van der Waals surface area contributed by atoms with Crippen LogP contribution in [0.4, 0.5) is 0 Å². The van der Waals surface area contributed by atoms with Crippen molar-refractivity contribution in [2.45, 2.75) is 104 Å². The van der Waals surface area contributed by atoms with Gasteiger partial charge < -0.3 is 10.2 Å². The largest absolute Gasteiger partial charge is 0.356 e. The molecule has 4 aliphatic carbocycles. The molecule has 4 fully saturated rings.